The van der Waals surface area contributed by atoms with Crippen molar-refractivity contribution in [3.05, 3.63) is 20.8 Å². The Balaban J connectivity index is 2.49. The Morgan fingerprint density at radius 2 is 2.50 bits per heavy atom. The maximum atomic E-state index is 3.48. The fraction of sp³-hybridized carbons (Fsp3) is 0.429. The molecule has 1 aromatic rings. The zero-order valence-corrected chi connectivity index (χ0v) is 8.26. The van der Waals surface area contributed by atoms with Crippen molar-refractivity contribution in [3.63, 3.8) is 0 Å². The summed E-state index contributed by atoms with van der Waals surface area (Å²) in [5.41, 5.74) is 0. The topological polar surface area (TPSA) is 12.0 Å². The Morgan fingerprint density at radius 3 is 3.00 bits per heavy atom. The smallest absolute Gasteiger partial charge is 0.0314 e. The molecule has 0 atom stereocenters. The van der Waals surface area contributed by atoms with E-state index in [2.05, 4.69) is 32.7 Å². The molecule has 1 rings (SSSR count). The van der Waals surface area contributed by atoms with Gasteiger partial charge in [0.2, 0.25) is 0 Å². The summed E-state index contributed by atoms with van der Waals surface area (Å²) in [5, 5.41) is 5.23. The highest BCUT2D eigenvalue weighted by atomic mass is 79.9. The van der Waals surface area contributed by atoms with Crippen molar-refractivity contribution < 1.29 is 0 Å². The summed E-state index contributed by atoms with van der Waals surface area (Å²) in [7, 11) is 1.97. The van der Waals surface area contributed by atoms with Crippen molar-refractivity contribution in [1.29, 1.82) is 0 Å². The van der Waals surface area contributed by atoms with Gasteiger partial charge in [0.1, 0.15) is 0 Å². The van der Waals surface area contributed by atoms with Gasteiger partial charge in [0.25, 0.3) is 0 Å². The fourth-order valence-electron chi connectivity index (χ4n) is 0.742. The molecule has 1 heterocycles. The maximum absolute atomic E-state index is 3.48. The van der Waals surface area contributed by atoms with E-state index >= 15 is 0 Å². The zero-order chi connectivity index (χ0) is 7.40. The van der Waals surface area contributed by atoms with Crippen molar-refractivity contribution in [2.24, 2.45) is 0 Å². The SMILES string of the molecule is CNCCc1sccc1Br. The van der Waals surface area contributed by atoms with E-state index in [1.807, 2.05) is 7.05 Å². The van der Waals surface area contributed by atoms with Crippen LogP contribution in [0.25, 0.3) is 0 Å². The molecular weight excluding hydrogens is 210 g/mol. The maximum Gasteiger partial charge on any atom is 0.0314 e. The third-order valence-corrected chi connectivity index (χ3v) is 3.28. The first-order valence-corrected chi connectivity index (χ1v) is 4.88. The van der Waals surface area contributed by atoms with Gasteiger partial charge in [-0.3, -0.25) is 0 Å². The Kier molecular flexibility index (Phi) is 3.39. The van der Waals surface area contributed by atoms with Crippen molar-refractivity contribution >= 4 is 27.3 Å². The van der Waals surface area contributed by atoms with E-state index in [0.29, 0.717) is 0 Å². The second kappa shape index (κ2) is 4.11. The third-order valence-electron chi connectivity index (χ3n) is 1.29. The van der Waals surface area contributed by atoms with Gasteiger partial charge in [-0.2, -0.15) is 0 Å². The van der Waals surface area contributed by atoms with E-state index in [1.165, 1.54) is 9.35 Å². The highest BCUT2D eigenvalue weighted by molar-refractivity contribution is 9.10. The lowest BCUT2D eigenvalue weighted by Gasteiger charge is -1.95. The van der Waals surface area contributed by atoms with E-state index in [-0.39, 0.29) is 0 Å². The van der Waals surface area contributed by atoms with Gasteiger partial charge in [-0.1, -0.05) is 0 Å². The lowest BCUT2D eigenvalue weighted by molar-refractivity contribution is 0.798. The molecule has 3 heteroatoms. The summed E-state index contributed by atoms with van der Waals surface area (Å²) in [5.74, 6) is 0. The molecule has 0 saturated heterocycles. The standard InChI is InChI=1S/C7H10BrNS/c1-9-4-2-7-6(8)3-5-10-7/h3,5,9H,2,4H2,1H3. The van der Waals surface area contributed by atoms with Gasteiger partial charge in [-0.05, 0) is 47.4 Å². The van der Waals surface area contributed by atoms with Crippen LogP contribution in [0.2, 0.25) is 0 Å². The number of hydrogen-bond acceptors (Lipinski definition) is 2. The van der Waals surface area contributed by atoms with Crippen molar-refractivity contribution in [1.82, 2.24) is 5.32 Å². The number of thiophene rings is 1. The first-order chi connectivity index (χ1) is 4.84. The van der Waals surface area contributed by atoms with Gasteiger partial charge in [0.15, 0.2) is 0 Å². The number of hydrogen-bond donors (Lipinski definition) is 1. The molecule has 0 aromatic carbocycles. The van der Waals surface area contributed by atoms with Crippen LogP contribution >= 0.6 is 27.3 Å². The molecule has 0 spiro atoms. The van der Waals surface area contributed by atoms with Crippen LogP contribution in [0, 0.1) is 0 Å². The lowest BCUT2D eigenvalue weighted by atomic mass is 10.3. The van der Waals surface area contributed by atoms with Gasteiger partial charge in [0.05, 0.1) is 0 Å². The predicted octanol–water partition coefficient (Wildman–Crippen LogP) is 2.27. The van der Waals surface area contributed by atoms with E-state index in [9.17, 15) is 0 Å². The van der Waals surface area contributed by atoms with Crippen LogP contribution in [-0.2, 0) is 6.42 Å². The van der Waals surface area contributed by atoms with E-state index in [0.717, 1.165) is 13.0 Å². The van der Waals surface area contributed by atoms with E-state index < -0.39 is 0 Å². The minimum atomic E-state index is 1.05. The quantitative estimate of drug-likeness (QED) is 0.823. The molecule has 0 saturated carbocycles. The summed E-state index contributed by atoms with van der Waals surface area (Å²) >= 11 is 5.28. The Morgan fingerprint density at radius 1 is 1.70 bits per heavy atom. The van der Waals surface area contributed by atoms with Gasteiger partial charge in [-0.15, -0.1) is 11.3 Å². The van der Waals surface area contributed by atoms with Crippen LogP contribution in [-0.4, -0.2) is 13.6 Å². The van der Waals surface area contributed by atoms with Gasteiger partial charge < -0.3 is 5.32 Å². The Bertz CT molecular complexity index is 197. The average Bonchev–Trinajstić information content (AvgIpc) is 2.31. The monoisotopic (exact) mass is 219 g/mol. The molecule has 1 N–H and O–H groups in total. The molecule has 1 aromatic heterocycles. The first kappa shape index (κ1) is 8.24. The molecule has 0 amide bonds. The number of rotatable bonds is 3. The molecular formula is C7H10BrNS. The highest BCUT2D eigenvalue weighted by Crippen LogP contribution is 2.22. The molecule has 1 nitrogen and oxygen atoms in total. The van der Waals surface area contributed by atoms with Crippen LogP contribution in [0.15, 0.2) is 15.9 Å². The van der Waals surface area contributed by atoms with Crippen LogP contribution in [0.1, 0.15) is 4.88 Å². The van der Waals surface area contributed by atoms with Gasteiger partial charge in [0, 0.05) is 9.35 Å². The minimum absolute atomic E-state index is 1.05. The first-order valence-electron chi connectivity index (χ1n) is 3.21. The molecule has 0 aliphatic rings. The summed E-state index contributed by atoms with van der Waals surface area (Å²) in [6, 6.07) is 2.09. The Labute approximate surface area is 73.6 Å². The van der Waals surface area contributed by atoms with E-state index in [4.69, 9.17) is 0 Å². The summed E-state index contributed by atoms with van der Waals surface area (Å²) in [6.07, 6.45) is 1.12. The largest absolute Gasteiger partial charge is 0.319 e. The van der Waals surface area contributed by atoms with Gasteiger partial charge in [-0.25, -0.2) is 0 Å². The van der Waals surface area contributed by atoms with Crippen LogP contribution in [0.4, 0.5) is 0 Å². The van der Waals surface area contributed by atoms with Crippen molar-refractivity contribution in [2.45, 2.75) is 6.42 Å². The second-order valence-electron chi connectivity index (χ2n) is 2.05. The minimum Gasteiger partial charge on any atom is -0.319 e. The Hall–Kier alpha value is 0.140. The molecule has 0 radical (unpaired) electrons. The normalized spacial score (nSPS) is 10.2. The summed E-state index contributed by atoms with van der Waals surface area (Å²) in [6.45, 7) is 1.05. The predicted molar refractivity (Wildman–Crippen MR) is 49.6 cm³/mol. The molecule has 56 valence electrons. The van der Waals surface area contributed by atoms with Crippen molar-refractivity contribution in [2.75, 3.05) is 13.6 Å². The zero-order valence-electron chi connectivity index (χ0n) is 5.86. The molecule has 0 fully saturated rings. The number of likely N-dealkylation sites (N-methyl/N-ethyl adjacent to an activating group) is 1. The lowest BCUT2D eigenvalue weighted by Crippen LogP contribution is -2.09. The third kappa shape index (κ3) is 2.08. The molecule has 0 unspecified atom stereocenters. The van der Waals surface area contributed by atoms with Crippen LogP contribution in [0.3, 0.4) is 0 Å². The highest BCUT2D eigenvalue weighted by Gasteiger charge is 1.98. The van der Waals surface area contributed by atoms with Gasteiger partial charge >= 0.3 is 0 Å². The molecule has 0 bridgehead atoms. The summed E-state index contributed by atoms with van der Waals surface area (Å²) < 4.78 is 1.24. The summed E-state index contributed by atoms with van der Waals surface area (Å²) in [4.78, 5) is 1.43. The average molecular weight is 220 g/mol. The molecule has 10 heavy (non-hydrogen) atoms. The molecule has 0 aliphatic carbocycles. The van der Waals surface area contributed by atoms with E-state index in [1.54, 1.807) is 11.3 Å². The second-order valence-corrected chi connectivity index (χ2v) is 3.90. The number of nitrogens with one attached hydrogen (secondary N) is 1. The fourth-order valence-corrected chi connectivity index (χ4v) is 2.30. The van der Waals surface area contributed by atoms with Crippen LogP contribution < -0.4 is 5.32 Å². The molecule has 0 aliphatic heterocycles. The van der Waals surface area contributed by atoms with Crippen LogP contribution in [0.5, 0.6) is 0 Å². The number of halogens is 1. The van der Waals surface area contributed by atoms with Crippen molar-refractivity contribution in [3.8, 4) is 0 Å².